The number of unbranched alkanes of at least 4 members (excludes halogenated alkanes) is 2. The van der Waals surface area contributed by atoms with Crippen LogP contribution in [-0.4, -0.2) is 0 Å². The predicted octanol–water partition coefficient (Wildman–Crippen LogP) is 8.08. The Labute approximate surface area is 163 Å². The van der Waals surface area contributed by atoms with Gasteiger partial charge in [0.2, 0.25) is 0 Å². The van der Waals surface area contributed by atoms with Gasteiger partial charge >= 0.3 is 0 Å². The number of fused-ring (bicyclic) bond motifs is 1. The van der Waals surface area contributed by atoms with Gasteiger partial charge in [-0.25, -0.2) is 0 Å². The Bertz CT molecular complexity index is 535. The predicted molar refractivity (Wildman–Crippen MR) is 115 cm³/mol. The average Bonchev–Trinajstić information content (AvgIpc) is 2.68. The van der Waals surface area contributed by atoms with Gasteiger partial charge in [0.15, 0.2) is 0 Å². The summed E-state index contributed by atoms with van der Waals surface area (Å²) in [5, 5.41) is 0. The van der Waals surface area contributed by atoms with E-state index >= 15 is 0 Å². The molecular weight excluding hydrogens is 312 g/mol. The van der Waals surface area contributed by atoms with E-state index in [0.717, 1.165) is 23.7 Å². The lowest BCUT2D eigenvalue weighted by molar-refractivity contribution is 0.302. The highest BCUT2D eigenvalue weighted by Crippen LogP contribution is 2.39. The maximum Gasteiger partial charge on any atom is -0.0162 e. The van der Waals surface area contributed by atoms with Crippen LogP contribution in [0.5, 0.6) is 0 Å². The van der Waals surface area contributed by atoms with E-state index in [0.29, 0.717) is 0 Å². The standard InChI is InChI=1S/C26H42/c1-4-6-7-8-21-9-12-23(13-10-21)25-16-15-24-18-22(17-20(3)5-2)11-14-26(24)19-25/h15-16,19-23H,4-14,17-18H2,1-3H3. The Morgan fingerprint density at radius 1 is 0.923 bits per heavy atom. The van der Waals surface area contributed by atoms with Crippen molar-refractivity contribution >= 4 is 0 Å². The maximum absolute atomic E-state index is 2.61. The molecule has 2 unspecified atom stereocenters. The molecule has 0 nitrogen and oxygen atoms in total. The molecule has 1 aromatic rings. The van der Waals surface area contributed by atoms with E-state index in [9.17, 15) is 0 Å². The van der Waals surface area contributed by atoms with Crippen molar-refractivity contribution in [1.29, 1.82) is 0 Å². The molecule has 0 heteroatoms. The molecule has 0 bridgehead atoms. The summed E-state index contributed by atoms with van der Waals surface area (Å²) in [5.74, 6) is 3.70. The lowest BCUT2D eigenvalue weighted by Crippen LogP contribution is -2.18. The van der Waals surface area contributed by atoms with Crippen LogP contribution in [0.4, 0.5) is 0 Å². The molecule has 1 fully saturated rings. The fourth-order valence-corrected chi connectivity index (χ4v) is 5.51. The highest BCUT2D eigenvalue weighted by atomic mass is 14.3. The summed E-state index contributed by atoms with van der Waals surface area (Å²) in [7, 11) is 0. The third kappa shape index (κ3) is 5.37. The minimum absolute atomic E-state index is 0.848. The van der Waals surface area contributed by atoms with Crippen molar-refractivity contribution in [2.45, 2.75) is 110 Å². The van der Waals surface area contributed by atoms with Crippen LogP contribution < -0.4 is 0 Å². The van der Waals surface area contributed by atoms with E-state index in [4.69, 9.17) is 0 Å². The number of rotatable bonds is 8. The Morgan fingerprint density at radius 3 is 2.46 bits per heavy atom. The Balaban J connectivity index is 1.52. The first-order chi connectivity index (χ1) is 12.7. The molecule has 0 aromatic heterocycles. The topological polar surface area (TPSA) is 0 Å². The number of aryl methyl sites for hydroxylation is 1. The van der Waals surface area contributed by atoms with Crippen molar-refractivity contribution in [3.8, 4) is 0 Å². The lowest BCUT2D eigenvalue weighted by Gasteiger charge is -2.31. The molecule has 2 aliphatic carbocycles. The normalized spacial score (nSPS) is 27.1. The average molecular weight is 355 g/mol. The summed E-state index contributed by atoms with van der Waals surface area (Å²) < 4.78 is 0. The van der Waals surface area contributed by atoms with E-state index < -0.39 is 0 Å². The molecule has 146 valence electrons. The molecule has 0 N–H and O–H groups in total. The van der Waals surface area contributed by atoms with Crippen LogP contribution >= 0.6 is 0 Å². The molecule has 0 radical (unpaired) electrons. The second-order valence-corrected chi connectivity index (χ2v) is 9.60. The monoisotopic (exact) mass is 354 g/mol. The molecule has 0 saturated heterocycles. The van der Waals surface area contributed by atoms with E-state index in [1.165, 1.54) is 83.5 Å². The van der Waals surface area contributed by atoms with Gasteiger partial charge < -0.3 is 0 Å². The highest BCUT2D eigenvalue weighted by Gasteiger charge is 2.24. The van der Waals surface area contributed by atoms with Crippen molar-refractivity contribution in [1.82, 2.24) is 0 Å². The third-order valence-electron chi connectivity index (χ3n) is 7.53. The Hall–Kier alpha value is -0.780. The van der Waals surface area contributed by atoms with Crippen LogP contribution in [0.3, 0.4) is 0 Å². The molecule has 26 heavy (non-hydrogen) atoms. The van der Waals surface area contributed by atoms with Crippen LogP contribution in [0.2, 0.25) is 0 Å². The lowest BCUT2D eigenvalue weighted by atomic mass is 9.74. The minimum atomic E-state index is 0.848. The van der Waals surface area contributed by atoms with Gasteiger partial charge in [-0.3, -0.25) is 0 Å². The third-order valence-corrected chi connectivity index (χ3v) is 7.53. The molecule has 3 rings (SSSR count). The van der Waals surface area contributed by atoms with Crippen molar-refractivity contribution in [2.75, 3.05) is 0 Å². The first-order valence-corrected chi connectivity index (χ1v) is 11.8. The smallest absolute Gasteiger partial charge is 0.0162 e. The number of benzene rings is 1. The summed E-state index contributed by atoms with van der Waals surface area (Å²) in [5.41, 5.74) is 5.02. The van der Waals surface area contributed by atoms with E-state index in [2.05, 4.69) is 39.0 Å². The SMILES string of the molecule is CCCCCC1CCC(c2ccc3c(c2)CCC(CC(C)CC)C3)CC1. The molecule has 0 heterocycles. The maximum atomic E-state index is 2.61. The fourth-order valence-electron chi connectivity index (χ4n) is 5.51. The quantitative estimate of drug-likeness (QED) is 0.414. The van der Waals surface area contributed by atoms with E-state index in [1.807, 2.05) is 0 Å². The molecule has 0 amide bonds. The summed E-state index contributed by atoms with van der Waals surface area (Å²) in [6.45, 7) is 7.09. The van der Waals surface area contributed by atoms with Crippen molar-refractivity contribution in [2.24, 2.45) is 17.8 Å². The first-order valence-electron chi connectivity index (χ1n) is 11.8. The van der Waals surface area contributed by atoms with Crippen molar-refractivity contribution in [3.05, 3.63) is 34.9 Å². The zero-order valence-electron chi connectivity index (χ0n) is 17.7. The second kappa shape index (κ2) is 9.95. The van der Waals surface area contributed by atoms with Crippen LogP contribution in [-0.2, 0) is 12.8 Å². The second-order valence-electron chi connectivity index (χ2n) is 9.60. The van der Waals surface area contributed by atoms with E-state index in [1.54, 1.807) is 16.7 Å². The van der Waals surface area contributed by atoms with Crippen LogP contribution in [0.1, 0.15) is 114 Å². The van der Waals surface area contributed by atoms with Gasteiger partial charge in [-0.2, -0.15) is 0 Å². The number of hydrogen-bond donors (Lipinski definition) is 0. The Kier molecular flexibility index (Phi) is 7.64. The van der Waals surface area contributed by atoms with Crippen LogP contribution in [0.25, 0.3) is 0 Å². The minimum Gasteiger partial charge on any atom is -0.0654 e. The van der Waals surface area contributed by atoms with Gasteiger partial charge in [0.25, 0.3) is 0 Å². The van der Waals surface area contributed by atoms with Gasteiger partial charge in [0.1, 0.15) is 0 Å². The summed E-state index contributed by atoms with van der Waals surface area (Å²) >= 11 is 0. The van der Waals surface area contributed by atoms with Crippen molar-refractivity contribution < 1.29 is 0 Å². The first kappa shape index (κ1) is 20.0. The zero-order valence-corrected chi connectivity index (χ0v) is 17.7. The highest BCUT2D eigenvalue weighted by molar-refractivity contribution is 5.36. The van der Waals surface area contributed by atoms with Gasteiger partial charge in [-0.1, -0.05) is 71.1 Å². The van der Waals surface area contributed by atoms with Crippen molar-refractivity contribution in [3.63, 3.8) is 0 Å². The molecular formula is C26H42. The van der Waals surface area contributed by atoms with E-state index in [-0.39, 0.29) is 0 Å². The summed E-state index contributed by atoms with van der Waals surface area (Å²) in [6, 6.07) is 7.60. The fraction of sp³-hybridized carbons (Fsp3) is 0.769. The van der Waals surface area contributed by atoms with Crippen LogP contribution in [0.15, 0.2) is 18.2 Å². The largest absolute Gasteiger partial charge is 0.0654 e. The molecule has 0 spiro atoms. The molecule has 2 atom stereocenters. The molecule has 1 saturated carbocycles. The zero-order chi connectivity index (χ0) is 18.4. The summed E-state index contributed by atoms with van der Waals surface area (Å²) in [6.07, 6.45) is 18.4. The molecule has 2 aliphatic rings. The molecule has 1 aromatic carbocycles. The van der Waals surface area contributed by atoms with Crippen LogP contribution in [0, 0.1) is 17.8 Å². The molecule has 0 aliphatic heterocycles. The van der Waals surface area contributed by atoms with Gasteiger partial charge in [0.05, 0.1) is 0 Å². The van der Waals surface area contributed by atoms with Gasteiger partial charge in [0, 0.05) is 0 Å². The Morgan fingerprint density at radius 2 is 1.73 bits per heavy atom. The van der Waals surface area contributed by atoms with Gasteiger partial charge in [-0.15, -0.1) is 0 Å². The van der Waals surface area contributed by atoms with Gasteiger partial charge in [-0.05, 0) is 91.7 Å². The summed E-state index contributed by atoms with van der Waals surface area (Å²) in [4.78, 5) is 0. The number of hydrogen-bond acceptors (Lipinski definition) is 0.